The summed E-state index contributed by atoms with van der Waals surface area (Å²) in [6.07, 6.45) is -0.423. The van der Waals surface area contributed by atoms with Crippen molar-refractivity contribution in [3.8, 4) is 0 Å². The highest BCUT2D eigenvalue weighted by Gasteiger charge is 2.19. The molecule has 2 aromatic rings. The molecule has 0 saturated heterocycles. The highest BCUT2D eigenvalue weighted by molar-refractivity contribution is 7.80. The Kier molecular flexibility index (Phi) is 9.71. The number of carbonyl (C=O) groups is 4. The lowest BCUT2D eigenvalue weighted by atomic mass is 10.0. The van der Waals surface area contributed by atoms with Crippen molar-refractivity contribution in [2.45, 2.75) is 12.5 Å². The molecule has 4 amide bonds. The van der Waals surface area contributed by atoms with E-state index in [4.69, 9.17) is 11.5 Å². The number of urea groups is 1. The minimum Gasteiger partial charge on any atom is -0.481 e. The SMILES string of the molecule is NC(N)=Nc1cccc(C(=O)NNC(=O)N[C@@H](CC(=O)O)c2ccc(C(=O)NCCS)cc2)c1. The van der Waals surface area contributed by atoms with Crippen molar-refractivity contribution in [1.29, 1.82) is 0 Å². The van der Waals surface area contributed by atoms with Crippen LogP contribution in [0.25, 0.3) is 0 Å². The van der Waals surface area contributed by atoms with Gasteiger partial charge in [-0.15, -0.1) is 0 Å². The van der Waals surface area contributed by atoms with E-state index in [1.807, 2.05) is 0 Å². The third-order valence-corrected chi connectivity index (χ3v) is 4.54. The number of nitrogens with two attached hydrogens (primary N) is 2. The Morgan fingerprint density at radius 2 is 1.68 bits per heavy atom. The monoisotopic (exact) mass is 487 g/mol. The van der Waals surface area contributed by atoms with Gasteiger partial charge in [-0.3, -0.25) is 19.8 Å². The molecule has 9 N–H and O–H groups in total. The van der Waals surface area contributed by atoms with Crippen LogP contribution >= 0.6 is 12.6 Å². The van der Waals surface area contributed by atoms with Crippen molar-refractivity contribution in [3.63, 3.8) is 0 Å². The van der Waals surface area contributed by atoms with E-state index in [-0.39, 0.29) is 17.4 Å². The van der Waals surface area contributed by atoms with Gasteiger partial charge in [0.05, 0.1) is 18.2 Å². The third kappa shape index (κ3) is 8.35. The number of nitrogens with one attached hydrogen (secondary N) is 4. The van der Waals surface area contributed by atoms with E-state index < -0.39 is 30.4 Å². The van der Waals surface area contributed by atoms with E-state index in [9.17, 15) is 24.3 Å². The molecule has 34 heavy (non-hydrogen) atoms. The van der Waals surface area contributed by atoms with Crippen molar-refractivity contribution in [2.75, 3.05) is 12.3 Å². The van der Waals surface area contributed by atoms with Gasteiger partial charge in [-0.25, -0.2) is 15.2 Å². The van der Waals surface area contributed by atoms with Gasteiger partial charge in [0.25, 0.3) is 11.8 Å². The van der Waals surface area contributed by atoms with Crippen LogP contribution in [0.5, 0.6) is 0 Å². The number of nitrogens with zero attached hydrogens (tertiary/aromatic N) is 1. The molecule has 0 aliphatic carbocycles. The molecule has 12 nitrogen and oxygen atoms in total. The molecule has 2 aromatic carbocycles. The van der Waals surface area contributed by atoms with E-state index in [2.05, 4.69) is 39.1 Å². The molecule has 2 rings (SSSR count). The van der Waals surface area contributed by atoms with Gasteiger partial charge in [-0.05, 0) is 35.9 Å². The molecular formula is C21H25N7O5S. The number of hydrogen-bond acceptors (Lipinski definition) is 6. The average Bonchev–Trinajstić information content (AvgIpc) is 2.80. The molecule has 13 heteroatoms. The number of carboxylic acid groups (broad SMARTS) is 1. The fourth-order valence-electron chi connectivity index (χ4n) is 2.81. The molecular weight excluding hydrogens is 462 g/mol. The lowest BCUT2D eigenvalue weighted by Gasteiger charge is -2.18. The van der Waals surface area contributed by atoms with Gasteiger partial charge >= 0.3 is 12.0 Å². The molecule has 0 spiro atoms. The van der Waals surface area contributed by atoms with Gasteiger partial charge in [0.15, 0.2) is 5.96 Å². The van der Waals surface area contributed by atoms with Crippen molar-refractivity contribution < 1.29 is 24.3 Å². The zero-order valence-corrected chi connectivity index (χ0v) is 18.8. The van der Waals surface area contributed by atoms with Crippen LogP contribution in [0, 0.1) is 0 Å². The molecule has 0 unspecified atom stereocenters. The van der Waals surface area contributed by atoms with Gasteiger partial charge < -0.3 is 27.2 Å². The number of hydrogen-bond donors (Lipinski definition) is 8. The zero-order chi connectivity index (χ0) is 25.1. The van der Waals surface area contributed by atoms with E-state index >= 15 is 0 Å². The number of hydrazine groups is 1. The number of guanidine groups is 1. The van der Waals surface area contributed by atoms with Gasteiger partial charge in [0.2, 0.25) is 0 Å². The Balaban J connectivity index is 2.01. The summed E-state index contributed by atoms with van der Waals surface area (Å²) in [7, 11) is 0. The molecule has 0 saturated carbocycles. The fourth-order valence-corrected chi connectivity index (χ4v) is 2.92. The average molecular weight is 488 g/mol. The van der Waals surface area contributed by atoms with Crippen molar-refractivity contribution in [1.82, 2.24) is 21.5 Å². The molecule has 0 aliphatic heterocycles. The lowest BCUT2D eigenvalue weighted by molar-refractivity contribution is -0.137. The molecule has 0 fully saturated rings. The van der Waals surface area contributed by atoms with Gasteiger partial charge in [-0.2, -0.15) is 12.6 Å². The minimum absolute atomic E-state index is 0.175. The Hall–Kier alpha value is -4.26. The van der Waals surface area contributed by atoms with E-state index in [1.165, 1.54) is 36.4 Å². The van der Waals surface area contributed by atoms with Crippen molar-refractivity contribution in [3.05, 3.63) is 65.2 Å². The smallest absolute Gasteiger partial charge is 0.333 e. The first-order valence-electron chi connectivity index (χ1n) is 9.97. The number of rotatable bonds is 9. The summed E-state index contributed by atoms with van der Waals surface area (Å²) in [5.74, 6) is -1.78. The maximum absolute atomic E-state index is 12.3. The van der Waals surface area contributed by atoms with E-state index in [0.29, 0.717) is 29.1 Å². The summed E-state index contributed by atoms with van der Waals surface area (Å²) in [5, 5.41) is 14.4. The second-order valence-electron chi connectivity index (χ2n) is 6.89. The molecule has 180 valence electrons. The number of carboxylic acids is 1. The predicted molar refractivity (Wildman–Crippen MR) is 129 cm³/mol. The summed E-state index contributed by atoms with van der Waals surface area (Å²) in [6.45, 7) is 0.400. The highest BCUT2D eigenvalue weighted by Crippen LogP contribution is 2.18. The van der Waals surface area contributed by atoms with Gasteiger partial charge in [0, 0.05) is 23.4 Å². The van der Waals surface area contributed by atoms with Gasteiger partial charge in [0.1, 0.15) is 0 Å². The summed E-state index contributed by atoms with van der Waals surface area (Å²) in [4.78, 5) is 51.7. The molecule has 1 atom stereocenters. The largest absolute Gasteiger partial charge is 0.481 e. The number of benzene rings is 2. The minimum atomic E-state index is -1.15. The number of aliphatic imine (C=N–C) groups is 1. The number of amides is 4. The van der Waals surface area contributed by atoms with E-state index in [0.717, 1.165) is 0 Å². The summed E-state index contributed by atoms with van der Waals surface area (Å²) >= 11 is 4.02. The topological polar surface area (TPSA) is 201 Å². The fraction of sp³-hybridized carbons (Fsp3) is 0.190. The molecule has 0 aliphatic rings. The van der Waals surface area contributed by atoms with Crippen LogP contribution in [-0.4, -0.2) is 47.2 Å². The van der Waals surface area contributed by atoms with Crippen molar-refractivity contribution >= 4 is 48.1 Å². The number of carbonyl (C=O) groups excluding carboxylic acids is 3. The Morgan fingerprint density at radius 3 is 2.29 bits per heavy atom. The Bertz CT molecular complexity index is 1070. The molecule has 0 radical (unpaired) electrons. The quantitative estimate of drug-likeness (QED) is 0.108. The maximum atomic E-state index is 12.3. The first kappa shape index (κ1) is 26.0. The Morgan fingerprint density at radius 1 is 0.971 bits per heavy atom. The van der Waals surface area contributed by atoms with Gasteiger partial charge in [-0.1, -0.05) is 18.2 Å². The molecule has 0 bridgehead atoms. The standard InChI is InChI=1S/C21H25N7O5S/c22-20(23)25-15-3-1-2-14(10-15)19(32)27-28-21(33)26-16(11-17(29)30)12-4-6-13(7-5-12)18(31)24-8-9-34/h1-7,10,16,34H,8-9,11H2,(H,24,31)(H,27,32)(H,29,30)(H4,22,23,25)(H2,26,28,33)/t16-/m0/s1. The van der Waals surface area contributed by atoms with Crippen LogP contribution in [0.15, 0.2) is 53.5 Å². The third-order valence-electron chi connectivity index (χ3n) is 4.31. The van der Waals surface area contributed by atoms with Crippen molar-refractivity contribution in [2.24, 2.45) is 16.5 Å². The maximum Gasteiger partial charge on any atom is 0.333 e. The highest BCUT2D eigenvalue weighted by atomic mass is 32.1. The van der Waals surface area contributed by atoms with Crippen LogP contribution in [-0.2, 0) is 4.79 Å². The lowest BCUT2D eigenvalue weighted by Crippen LogP contribution is -2.48. The zero-order valence-electron chi connectivity index (χ0n) is 17.9. The molecule has 0 aromatic heterocycles. The first-order valence-corrected chi connectivity index (χ1v) is 10.6. The van der Waals surface area contributed by atoms with Crippen LogP contribution in [0.3, 0.4) is 0 Å². The normalized spacial score (nSPS) is 11.0. The first-order chi connectivity index (χ1) is 16.2. The second-order valence-corrected chi connectivity index (χ2v) is 7.34. The number of thiol groups is 1. The van der Waals surface area contributed by atoms with Crippen LogP contribution in [0.1, 0.15) is 38.7 Å². The summed E-state index contributed by atoms with van der Waals surface area (Å²) in [5.41, 5.74) is 16.4. The Labute approximate surface area is 200 Å². The van der Waals surface area contributed by atoms with Crippen LogP contribution in [0.4, 0.5) is 10.5 Å². The summed E-state index contributed by atoms with van der Waals surface area (Å²) in [6, 6.07) is 10.4. The van der Waals surface area contributed by atoms with Crippen LogP contribution < -0.4 is 33.0 Å². The predicted octanol–water partition coefficient (Wildman–Crippen LogP) is 0.411. The number of aliphatic carboxylic acids is 1. The van der Waals surface area contributed by atoms with E-state index in [1.54, 1.807) is 12.1 Å². The molecule has 0 heterocycles. The second kappa shape index (κ2) is 12.7. The summed E-state index contributed by atoms with van der Waals surface area (Å²) < 4.78 is 0. The van der Waals surface area contributed by atoms with Crippen LogP contribution in [0.2, 0.25) is 0 Å².